The molecule has 2 aromatic heterocycles. The molecule has 0 bridgehead atoms. The maximum absolute atomic E-state index is 13.8. The van der Waals surface area contributed by atoms with E-state index in [0.717, 1.165) is 17.5 Å². The second-order valence-electron chi connectivity index (χ2n) is 13.0. The number of benzene rings is 2. The topological polar surface area (TPSA) is 155 Å². The molecule has 0 spiro atoms. The van der Waals surface area contributed by atoms with E-state index >= 15 is 0 Å². The van der Waals surface area contributed by atoms with Gasteiger partial charge in [-0.1, -0.05) is 30.3 Å². The fraction of sp³-hybridized carbons (Fsp3) is 0.351. The maximum Gasteiger partial charge on any atom is 0.241 e. The largest absolute Gasteiger partial charge is 0.475 e. The normalized spacial score (nSPS) is 17.9. The Morgan fingerprint density at radius 3 is 2.50 bits per heavy atom. The van der Waals surface area contributed by atoms with E-state index < -0.39 is 4.75 Å². The van der Waals surface area contributed by atoms with Crippen molar-refractivity contribution in [2.75, 3.05) is 50.0 Å². The van der Waals surface area contributed by atoms with E-state index in [9.17, 15) is 9.59 Å². The molecule has 0 aliphatic carbocycles. The summed E-state index contributed by atoms with van der Waals surface area (Å²) in [5.41, 5.74) is 11.9. The molecular weight excluding hydrogens is 651 g/mol. The lowest BCUT2D eigenvalue weighted by Gasteiger charge is -2.29. The Bertz CT molecular complexity index is 1910. The van der Waals surface area contributed by atoms with Crippen molar-refractivity contribution in [1.29, 1.82) is 5.41 Å². The molecule has 0 saturated carbocycles. The van der Waals surface area contributed by atoms with Gasteiger partial charge >= 0.3 is 0 Å². The van der Waals surface area contributed by atoms with Crippen LogP contribution in [0.15, 0.2) is 73.2 Å². The summed E-state index contributed by atoms with van der Waals surface area (Å²) in [4.78, 5) is 39.7. The molecule has 2 aliphatic heterocycles. The number of hydrogen-bond acceptors (Lipinski definition) is 10. The molecule has 2 aromatic carbocycles. The Balaban J connectivity index is 1.04. The fourth-order valence-electron chi connectivity index (χ4n) is 6.28. The van der Waals surface area contributed by atoms with Crippen LogP contribution in [0.3, 0.4) is 0 Å². The second kappa shape index (κ2) is 14.9. The molecule has 4 aromatic rings. The van der Waals surface area contributed by atoms with E-state index in [1.807, 2.05) is 44.2 Å². The number of nitrogens with two attached hydrogens (primary N) is 1. The van der Waals surface area contributed by atoms with Crippen LogP contribution in [0, 0.1) is 5.41 Å². The lowest BCUT2D eigenvalue weighted by molar-refractivity contribution is -0.132. The fourth-order valence-corrected chi connectivity index (χ4v) is 7.13. The number of hydrogen-bond donors (Lipinski definition) is 3. The van der Waals surface area contributed by atoms with Gasteiger partial charge in [0.25, 0.3) is 0 Å². The predicted molar refractivity (Wildman–Crippen MR) is 198 cm³/mol. The average molecular weight is 694 g/mol. The van der Waals surface area contributed by atoms with Crippen LogP contribution in [0.25, 0.3) is 17.0 Å². The molecule has 4 N–H and O–H groups in total. The zero-order valence-corrected chi connectivity index (χ0v) is 29.7. The number of amides is 2. The molecule has 6 rings (SSSR count). The molecule has 12 nitrogen and oxygen atoms in total. The Hall–Kier alpha value is -5.01. The highest BCUT2D eigenvalue weighted by atomic mass is 32.2. The molecule has 1 atom stereocenters. The van der Waals surface area contributed by atoms with Crippen molar-refractivity contribution in [2.24, 2.45) is 7.05 Å². The standard InChI is InChI=1S/C37H43N9O3S/c1-24(2)49-32-12-9-28(20-40-32)34(39)30-19-29(10-11-31(30)38)42-36(48)37(50-4)15-18-45(22-37)21-33(47)46-16-13-26(14-17-46)25-5-7-27(8-6-25)35-41-23-44(3)43-35/h5-13,19-20,23-24,39H,14-18,21-22,38H2,1-4H3,(H,42,48)/t37-/m0/s1. The summed E-state index contributed by atoms with van der Waals surface area (Å²) in [7, 11) is 1.85. The number of nitrogens with one attached hydrogen (secondary N) is 2. The first kappa shape index (κ1) is 34.8. The molecule has 0 radical (unpaired) electrons. The summed E-state index contributed by atoms with van der Waals surface area (Å²) in [5.74, 6) is 1.12. The third-order valence-corrected chi connectivity index (χ3v) is 10.4. The van der Waals surface area contributed by atoms with Crippen LogP contribution in [-0.4, -0.2) is 96.9 Å². The highest BCUT2D eigenvalue weighted by Crippen LogP contribution is 2.36. The van der Waals surface area contributed by atoms with Gasteiger partial charge in [0.05, 0.1) is 18.4 Å². The van der Waals surface area contributed by atoms with Gasteiger partial charge in [0, 0.05) is 73.6 Å². The number of carbonyl (C=O) groups excluding carboxylic acids is 2. The van der Waals surface area contributed by atoms with Crippen molar-refractivity contribution in [3.8, 4) is 17.3 Å². The molecule has 4 heterocycles. The molecule has 0 unspecified atom stereocenters. The third-order valence-electron chi connectivity index (χ3n) is 9.11. The summed E-state index contributed by atoms with van der Waals surface area (Å²) in [6, 6.07) is 16.9. The van der Waals surface area contributed by atoms with E-state index in [-0.39, 0.29) is 30.2 Å². The van der Waals surface area contributed by atoms with E-state index in [2.05, 4.69) is 43.5 Å². The van der Waals surface area contributed by atoms with Gasteiger partial charge in [-0.3, -0.25) is 24.6 Å². The minimum Gasteiger partial charge on any atom is -0.475 e. The van der Waals surface area contributed by atoms with E-state index in [1.165, 1.54) is 17.3 Å². The van der Waals surface area contributed by atoms with Gasteiger partial charge in [0.1, 0.15) is 11.1 Å². The van der Waals surface area contributed by atoms with Gasteiger partial charge in [-0.25, -0.2) is 9.97 Å². The zero-order chi connectivity index (χ0) is 35.4. The van der Waals surface area contributed by atoms with Crippen molar-refractivity contribution < 1.29 is 14.3 Å². The van der Waals surface area contributed by atoms with Gasteiger partial charge in [0.2, 0.25) is 17.7 Å². The number of aromatic nitrogens is 4. The number of ether oxygens (including phenoxy) is 1. The quantitative estimate of drug-likeness (QED) is 0.149. The summed E-state index contributed by atoms with van der Waals surface area (Å²) in [5, 5.41) is 16.2. The number of anilines is 2. The molecular formula is C37H43N9O3S. The van der Waals surface area contributed by atoms with Crippen LogP contribution in [-0.2, 0) is 16.6 Å². The predicted octanol–water partition coefficient (Wildman–Crippen LogP) is 4.72. The van der Waals surface area contributed by atoms with Crippen LogP contribution in [0.4, 0.5) is 11.4 Å². The van der Waals surface area contributed by atoms with Crippen LogP contribution >= 0.6 is 11.8 Å². The average Bonchev–Trinajstić information content (AvgIpc) is 3.76. The van der Waals surface area contributed by atoms with Gasteiger partial charge in [0.15, 0.2) is 5.82 Å². The molecule has 1 fully saturated rings. The Kier molecular flexibility index (Phi) is 10.3. The minimum atomic E-state index is -0.711. The number of aryl methyl sites for hydroxylation is 1. The van der Waals surface area contributed by atoms with Gasteiger partial charge in [-0.15, -0.1) is 11.8 Å². The monoisotopic (exact) mass is 693 g/mol. The number of likely N-dealkylation sites (tertiary alicyclic amines) is 1. The zero-order valence-electron chi connectivity index (χ0n) is 28.8. The van der Waals surface area contributed by atoms with Gasteiger partial charge < -0.3 is 20.7 Å². The lowest BCUT2D eigenvalue weighted by atomic mass is 9.98. The van der Waals surface area contributed by atoms with Crippen molar-refractivity contribution in [2.45, 2.75) is 37.5 Å². The van der Waals surface area contributed by atoms with E-state index in [1.54, 1.807) is 47.5 Å². The lowest BCUT2D eigenvalue weighted by Crippen LogP contribution is -2.45. The van der Waals surface area contributed by atoms with E-state index in [0.29, 0.717) is 66.8 Å². The number of nitrogens with zero attached hydrogens (tertiary/aromatic N) is 6. The summed E-state index contributed by atoms with van der Waals surface area (Å²) in [6.07, 6.45) is 8.73. The molecule has 2 aliphatic rings. The molecule has 260 valence electrons. The molecule has 13 heteroatoms. The molecule has 2 amide bonds. The molecule has 50 heavy (non-hydrogen) atoms. The minimum absolute atomic E-state index is 0.00560. The Labute approximate surface area is 296 Å². The summed E-state index contributed by atoms with van der Waals surface area (Å²) in [6.45, 7) is 6.43. The van der Waals surface area contributed by atoms with Gasteiger partial charge in [-0.2, -0.15) is 5.10 Å². The van der Waals surface area contributed by atoms with Crippen LogP contribution in [0.1, 0.15) is 43.4 Å². The maximum atomic E-state index is 13.8. The number of nitrogen functional groups attached to an aromatic ring is 1. The van der Waals surface area contributed by atoms with Crippen LogP contribution in [0.5, 0.6) is 5.88 Å². The van der Waals surface area contributed by atoms with Gasteiger partial charge in [-0.05, 0) is 68.3 Å². The first-order valence-electron chi connectivity index (χ1n) is 16.7. The first-order chi connectivity index (χ1) is 24.0. The number of thioether (sulfide) groups is 1. The van der Waals surface area contributed by atoms with Crippen molar-refractivity contribution in [3.05, 3.63) is 89.9 Å². The van der Waals surface area contributed by atoms with Crippen LogP contribution < -0.4 is 15.8 Å². The van der Waals surface area contributed by atoms with E-state index in [4.69, 9.17) is 15.9 Å². The number of pyridine rings is 1. The van der Waals surface area contributed by atoms with Crippen molar-refractivity contribution in [3.63, 3.8) is 0 Å². The second-order valence-corrected chi connectivity index (χ2v) is 14.2. The first-order valence-corrected chi connectivity index (χ1v) is 17.9. The van der Waals surface area contributed by atoms with Crippen molar-refractivity contribution >= 4 is 46.2 Å². The molecule has 1 saturated heterocycles. The number of carbonyl (C=O) groups is 2. The highest BCUT2D eigenvalue weighted by Gasteiger charge is 2.44. The Morgan fingerprint density at radius 1 is 1.08 bits per heavy atom. The summed E-state index contributed by atoms with van der Waals surface area (Å²) < 4.78 is 6.59. The SMILES string of the molecule is CS[C@@]1(C(=O)Nc2ccc(N)c(C(=N)c3ccc(OC(C)C)nc3)c2)CCN(CC(=O)N2CC=C(c3ccc(-c4ncn(C)n4)cc3)CC2)C1. The smallest absolute Gasteiger partial charge is 0.241 e. The third kappa shape index (κ3) is 7.74. The van der Waals surface area contributed by atoms with Crippen molar-refractivity contribution in [1.82, 2.24) is 29.5 Å². The van der Waals surface area contributed by atoms with Crippen LogP contribution in [0.2, 0.25) is 0 Å². The summed E-state index contributed by atoms with van der Waals surface area (Å²) >= 11 is 1.50. The Morgan fingerprint density at radius 2 is 1.86 bits per heavy atom. The highest BCUT2D eigenvalue weighted by molar-refractivity contribution is 8.00. The number of rotatable bonds is 11.